The molecule has 3 aromatic rings. The Morgan fingerprint density at radius 2 is 1.58 bits per heavy atom. The summed E-state index contributed by atoms with van der Waals surface area (Å²) >= 11 is 0. The molecule has 0 saturated heterocycles. The number of para-hydroxylation sites is 1. The van der Waals surface area contributed by atoms with Gasteiger partial charge in [0.05, 0.1) is 10.6 Å². The van der Waals surface area contributed by atoms with Gasteiger partial charge in [0.2, 0.25) is 5.91 Å². The number of benzene rings is 3. The Kier molecular flexibility index (Phi) is 6.07. The molecule has 3 rings (SSSR count). The monoisotopic (exact) mass is 441 g/mol. The summed E-state index contributed by atoms with van der Waals surface area (Å²) in [7, 11) is -2.38. The molecule has 0 aliphatic rings. The van der Waals surface area contributed by atoms with Crippen LogP contribution in [0.1, 0.15) is 26.3 Å². The summed E-state index contributed by atoms with van der Waals surface area (Å²) in [5.74, 6) is -2.10. The lowest BCUT2D eigenvalue weighted by Crippen LogP contribution is -2.26. The van der Waals surface area contributed by atoms with Gasteiger partial charge in [-0.25, -0.2) is 12.8 Å². The SMILES string of the molecule is Cc1c(F)cc(C(N)=O)cc1NC(=O)c1ccc(S(=O)(=O)N(C)c2ccccc2)cc1. The third kappa shape index (κ3) is 4.56. The van der Waals surface area contributed by atoms with Crippen molar-refractivity contribution in [1.82, 2.24) is 0 Å². The quantitative estimate of drug-likeness (QED) is 0.611. The molecule has 0 radical (unpaired) electrons. The molecule has 0 saturated carbocycles. The van der Waals surface area contributed by atoms with Crippen LogP contribution in [0.2, 0.25) is 0 Å². The maximum Gasteiger partial charge on any atom is 0.264 e. The Hall–Kier alpha value is -3.72. The Labute approximate surface area is 179 Å². The molecule has 3 aromatic carbocycles. The van der Waals surface area contributed by atoms with Gasteiger partial charge < -0.3 is 11.1 Å². The number of hydrogen-bond donors (Lipinski definition) is 2. The lowest BCUT2D eigenvalue weighted by Gasteiger charge is -2.19. The second-order valence-corrected chi connectivity index (χ2v) is 8.75. The third-order valence-corrected chi connectivity index (χ3v) is 6.57. The Morgan fingerprint density at radius 3 is 2.16 bits per heavy atom. The number of nitrogens with two attached hydrogens (primary N) is 1. The molecule has 0 atom stereocenters. The zero-order valence-electron chi connectivity index (χ0n) is 16.8. The number of amides is 2. The first kappa shape index (κ1) is 22.0. The topological polar surface area (TPSA) is 110 Å². The van der Waals surface area contributed by atoms with Gasteiger partial charge in [-0.05, 0) is 55.5 Å². The molecule has 0 bridgehead atoms. The van der Waals surface area contributed by atoms with E-state index in [2.05, 4.69) is 5.32 Å². The molecular weight excluding hydrogens is 421 g/mol. The number of hydrogen-bond acceptors (Lipinski definition) is 4. The molecule has 0 unspecified atom stereocenters. The van der Waals surface area contributed by atoms with Crippen molar-refractivity contribution in [3.8, 4) is 0 Å². The number of carbonyl (C=O) groups is 2. The average Bonchev–Trinajstić information content (AvgIpc) is 2.76. The van der Waals surface area contributed by atoms with E-state index < -0.39 is 27.7 Å². The van der Waals surface area contributed by atoms with Gasteiger partial charge in [0.1, 0.15) is 5.82 Å². The molecule has 0 heterocycles. The van der Waals surface area contributed by atoms with Crippen molar-refractivity contribution in [2.45, 2.75) is 11.8 Å². The van der Waals surface area contributed by atoms with Crippen LogP contribution in [0.3, 0.4) is 0 Å². The van der Waals surface area contributed by atoms with E-state index in [9.17, 15) is 22.4 Å². The largest absolute Gasteiger partial charge is 0.366 e. The summed E-state index contributed by atoms with van der Waals surface area (Å²) in [6, 6.07) is 16.2. The molecule has 0 aliphatic carbocycles. The molecule has 31 heavy (non-hydrogen) atoms. The Morgan fingerprint density at radius 1 is 0.968 bits per heavy atom. The van der Waals surface area contributed by atoms with E-state index in [1.54, 1.807) is 30.3 Å². The van der Waals surface area contributed by atoms with E-state index in [1.165, 1.54) is 44.3 Å². The third-order valence-electron chi connectivity index (χ3n) is 4.77. The molecule has 0 spiro atoms. The van der Waals surface area contributed by atoms with Crippen molar-refractivity contribution in [3.05, 3.63) is 89.2 Å². The molecule has 0 aliphatic heterocycles. The van der Waals surface area contributed by atoms with Crippen LogP contribution in [-0.2, 0) is 10.0 Å². The summed E-state index contributed by atoms with van der Waals surface area (Å²) in [4.78, 5) is 23.9. The number of anilines is 2. The minimum absolute atomic E-state index is 0.00774. The molecule has 0 aromatic heterocycles. The fraction of sp³-hybridized carbons (Fsp3) is 0.0909. The molecule has 7 nitrogen and oxygen atoms in total. The zero-order chi connectivity index (χ0) is 22.8. The first-order valence-corrected chi connectivity index (χ1v) is 10.6. The van der Waals surface area contributed by atoms with E-state index in [0.29, 0.717) is 5.69 Å². The molecule has 3 N–H and O–H groups in total. The molecule has 2 amide bonds. The lowest BCUT2D eigenvalue weighted by molar-refractivity contribution is 0.0995. The smallest absolute Gasteiger partial charge is 0.264 e. The second kappa shape index (κ2) is 8.57. The predicted octanol–water partition coefficient (Wildman–Crippen LogP) is 3.31. The number of nitrogens with zero attached hydrogens (tertiary/aromatic N) is 1. The van der Waals surface area contributed by atoms with Crippen LogP contribution in [0, 0.1) is 12.7 Å². The van der Waals surface area contributed by atoms with Gasteiger partial charge in [-0.3, -0.25) is 13.9 Å². The Balaban J connectivity index is 1.84. The Bertz CT molecular complexity index is 1240. The zero-order valence-corrected chi connectivity index (χ0v) is 17.6. The molecule has 0 fully saturated rings. The lowest BCUT2D eigenvalue weighted by atomic mass is 10.1. The normalized spacial score (nSPS) is 11.1. The predicted molar refractivity (Wildman–Crippen MR) is 116 cm³/mol. The van der Waals surface area contributed by atoms with Gasteiger partial charge in [0.25, 0.3) is 15.9 Å². The van der Waals surface area contributed by atoms with Crippen LogP contribution in [0.25, 0.3) is 0 Å². The summed E-state index contributed by atoms with van der Waals surface area (Å²) in [5.41, 5.74) is 6.00. The fourth-order valence-electron chi connectivity index (χ4n) is 2.86. The van der Waals surface area contributed by atoms with Gasteiger partial charge in [-0.1, -0.05) is 18.2 Å². The summed E-state index contributed by atoms with van der Waals surface area (Å²) < 4.78 is 40.8. The number of sulfonamides is 1. The van der Waals surface area contributed by atoms with Crippen molar-refractivity contribution < 1.29 is 22.4 Å². The van der Waals surface area contributed by atoms with Crippen LogP contribution in [0.15, 0.2) is 71.6 Å². The highest BCUT2D eigenvalue weighted by atomic mass is 32.2. The van der Waals surface area contributed by atoms with Gasteiger partial charge in [-0.2, -0.15) is 0 Å². The van der Waals surface area contributed by atoms with Crippen LogP contribution >= 0.6 is 0 Å². The van der Waals surface area contributed by atoms with Gasteiger partial charge in [0.15, 0.2) is 0 Å². The van der Waals surface area contributed by atoms with Crippen molar-refractivity contribution in [2.75, 3.05) is 16.7 Å². The molecule has 160 valence electrons. The summed E-state index contributed by atoms with van der Waals surface area (Å²) in [6.07, 6.45) is 0. The minimum atomic E-state index is -3.82. The van der Waals surface area contributed by atoms with Crippen LogP contribution in [0.5, 0.6) is 0 Å². The highest BCUT2D eigenvalue weighted by molar-refractivity contribution is 7.92. The first-order chi connectivity index (χ1) is 14.6. The van der Waals surface area contributed by atoms with Gasteiger partial charge in [0, 0.05) is 29.4 Å². The van der Waals surface area contributed by atoms with Crippen LogP contribution in [-0.4, -0.2) is 27.3 Å². The van der Waals surface area contributed by atoms with E-state index in [1.807, 2.05) is 0 Å². The minimum Gasteiger partial charge on any atom is -0.366 e. The van der Waals surface area contributed by atoms with Crippen molar-refractivity contribution in [2.24, 2.45) is 5.73 Å². The van der Waals surface area contributed by atoms with E-state index in [0.717, 1.165) is 10.4 Å². The summed E-state index contributed by atoms with van der Waals surface area (Å²) in [6.45, 7) is 1.45. The molecule has 9 heteroatoms. The number of halogens is 1. The second-order valence-electron chi connectivity index (χ2n) is 6.78. The summed E-state index contributed by atoms with van der Waals surface area (Å²) in [5, 5.41) is 2.52. The molecular formula is C22H20FN3O4S. The van der Waals surface area contributed by atoms with Crippen molar-refractivity contribution >= 4 is 33.2 Å². The van der Waals surface area contributed by atoms with E-state index >= 15 is 0 Å². The maximum atomic E-state index is 14.0. The number of primary amides is 1. The number of rotatable bonds is 6. The van der Waals surface area contributed by atoms with Crippen LogP contribution in [0.4, 0.5) is 15.8 Å². The standard InChI is InChI=1S/C22H20FN3O4S/c1-14-19(23)12-16(21(24)27)13-20(14)25-22(28)15-8-10-18(11-9-15)31(29,30)26(2)17-6-4-3-5-7-17/h3-13H,1-2H3,(H2,24,27)(H,25,28). The fourth-order valence-corrected chi connectivity index (χ4v) is 4.05. The van der Waals surface area contributed by atoms with E-state index in [4.69, 9.17) is 5.73 Å². The van der Waals surface area contributed by atoms with E-state index in [-0.39, 0.29) is 27.3 Å². The van der Waals surface area contributed by atoms with Crippen molar-refractivity contribution in [3.63, 3.8) is 0 Å². The van der Waals surface area contributed by atoms with Gasteiger partial charge >= 0.3 is 0 Å². The number of nitrogens with one attached hydrogen (secondary N) is 1. The van der Waals surface area contributed by atoms with Gasteiger partial charge in [-0.15, -0.1) is 0 Å². The van der Waals surface area contributed by atoms with Crippen LogP contribution < -0.4 is 15.4 Å². The highest BCUT2D eigenvalue weighted by Gasteiger charge is 2.22. The average molecular weight is 441 g/mol. The highest BCUT2D eigenvalue weighted by Crippen LogP contribution is 2.24. The number of carbonyl (C=O) groups excluding carboxylic acids is 2. The first-order valence-electron chi connectivity index (χ1n) is 9.16. The van der Waals surface area contributed by atoms with Crippen molar-refractivity contribution in [1.29, 1.82) is 0 Å². The maximum absolute atomic E-state index is 14.0.